The quantitative estimate of drug-likeness (QED) is 0.150. The van der Waals surface area contributed by atoms with Crippen LogP contribution in [0, 0.1) is 0 Å². The highest BCUT2D eigenvalue weighted by Crippen LogP contribution is 2.66. The molecule has 0 aliphatic carbocycles. The third-order valence-corrected chi connectivity index (χ3v) is 9.06. The highest BCUT2D eigenvalue weighted by atomic mass is 31.3. The fourth-order valence-corrected chi connectivity index (χ4v) is 6.78. The van der Waals surface area contributed by atoms with Crippen LogP contribution in [0.3, 0.4) is 0 Å². The third-order valence-electron chi connectivity index (χ3n) is 5.25. The van der Waals surface area contributed by atoms with Crippen molar-refractivity contribution >= 4 is 40.3 Å². The van der Waals surface area contributed by atoms with Crippen LogP contribution < -0.4 is 5.73 Å². The topological polar surface area (TPSA) is 295 Å². The van der Waals surface area contributed by atoms with Gasteiger partial charge in [-0.2, -0.15) is 13.7 Å². The number of hydrogen-bond acceptors (Lipinski definition) is 13. The molecule has 0 aromatic carbocycles. The molecule has 4 heterocycles. The maximum absolute atomic E-state index is 12.0. The number of nitrogen functional groups attached to an aromatic ring is 1. The summed E-state index contributed by atoms with van der Waals surface area (Å²) in [5.74, 6) is 0.0933. The van der Waals surface area contributed by atoms with Gasteiger partial charge in [-0.25, -0.2) is 23.7 Å². The zero-order chi connectivity index (χ0) is 27.4. The number of fused-ring (bicyclic) bond motifs is 1. The molecule has 0 bridgehead atoms. The number of nitrogens with one attached hydrogen (secondary N) is 1. The van der Waals surface area contributed by atoms with Gasteiger partial charge < -0.3 is 44.8 Å². The van der Waals surface area contributed by atoms with Gasteiger partial charge in [0, 0.05) is 18.0 Å². The molecule has 9 N–H and O–H groups in total. The Kier molecular flexibility index (Phi) is 7.24. The minimum absolute atomic E-state index is 0.0933. The van der Waals surface area contributed by atoms with Gasteiger partial charge in [-0.1, -0.05) is 0 Å². The predicted molar refractivity (Wildman–Crippen MR) is 120 cm³/mol. The number of H-pyrrole nitrogens is 1. The van der Waals surface area contributed by atoms with Crippen molar-refractivity contribution in [2.75, 3.05) is 12.3 Å². The lowest BCUT2D eigenvalue weighted by Gasteiger charge is -2.27. The van der Waals surface area contributed by atoms with E-state index in [0.717, 1.165) is 6.33 Å². The van der Waals surface area contributed by atoms with E-state index < -0.39 is 54.1 Å². The first kappa shape index (κ1) is 27.9. The van der Waals surface area contributed by atoms with E-state index in [1.165, 1.54) is 23.9 Å². The number of aromatic amines is 1. The second-order valence-electron chi connectivity index (χ2n) is 7.96. The van der Waals surface area contributed by atoms with Crippen LogP contribution in [-0.2, 0) is 31.6 Å². The zero-order valence-electron chi connectivity index (χ0n) is 18.5. The van der Waals surface area contributed by atoms with Crippen LogP contribution in [0.5, 0.6) is 0 Å². The molecule has 0 spiro atoms. The van der Waals surface area contributed by atoms with Gasteiger partial charge in [0.15, 0.2) is 6.23 Å². The maximum Gasteiger partial charge on any atom is 0.490 e. The summed E-state index contributed by atoms with van der Waals surface area (Å²) in [6.45, 7) is 0.223. The summed E-state index contributed by atoms with van der Waals surface area (Å²) < 4.78 is 53.1. The van der Waals surface area contributed by atoms with E-state index in [4.69, 9.17) is 20.3 Å². The number of rotatable bonds is 9. The van der Waals surface area contributed by atoms with E-state index in [1.54, 1.807) is 6.07 Å². The van der Waals surface area contributed by atoms with Gasteiger partial charge in [-0.05, 0) is 13.0 Å². The normalized spacial score (nSPS) is 27.8. The van der Waals surface area contributed by atoms with E-state index in [1.807, 2.05) is 0 Å². The lowest BCUT2D eigenvalue weighted by atomic mass is 9.96. The third kappa shape index (κ3) is 5.84. The summed E-state index contributed by atoms with van der Waals surface area (Å²) in [5, 5.41) is 28.7. The molecule has 4 rings (SSSR count). The lowest BCUT2D eigenvalue weighted by Crippen LogP contribution is -2.44. The maximum atomic E-state index is 12.0. The van der Waals surface area contributed by atoms with Crippen LogP contribution in [-0.4, -0.2) is 78.9 Å². The standard InChI is InChI=1S/C15H21N6O13P3/c1-15(23)11(22)9(5-31-36(27,28)34-37(29,30)33-35(24,25)26)32-14(15)21-4-7(8-2-3-19-20-8)10-12(16)17-6-18-13(10)21/h2-4,6,9,11,14,22-23H,5H2,1H3,(H,19,20)(H,27,28)(H,29,30)(H2,16,17,18)(H2,24,25,26)/t9?,11-,14-,15-/m1/s1. The van der Waals surface area contributed by atoms with Crippen molar-refractivity contribution in [2.24, 2.45) is 0 Å². The van der Waals surface area contributed by atoms with Crippen LogP contribution in [0.1, 0.15) is 13.2 Å². The van der Waals surface area contributed by atoms with Crippen LogP contribution in [0.15, 0.2) is 24.8 Å². The predicted octanol–water partition coefficient (Wildman–Crippen LogP) is -0.244. The van der Waals surface area contributed by atoms with Gasteiger partial charge >= 0.3 is 23.5 Å². The molecule has 1 aliphatic heterocycles. The molecule has 1 fully saturated rings. The molecule has 204 valence electrons. The fourth-order valence-electron chi connectivity index (χ4n) is 3.75. The Bertz CT molecular complexity index is 1440. The van der Waals surface area contributed by atoms with Crippen molar-refractivity contribution in [2.45, 2.75) is 31.0 Å². The van der Waals surface area contributed by atoms with Crippen molar-refractivity contribution in [3.8, 4) is 11.3 Å². The van der Waals surface area contributed by atoms with Crippen molar-refractivity contribution < 1.29 is 61.4 Å². The summed E-state index contributed by atoms with van der Waals surface area (Å²) in [5.41, 5.74) is 5.18. The first-order valence-electron chi connectivity index (χ1n) is 9.96. The number of nitrogens with two attached hydrogens (primary N) is 1. The SMILES string of the molecule is C[C@@]1(O)[C@H](O)C(COP(=O)(O)OP(=O)(O)OP(=O)(O)O)O[C@H]1n1cc(-c2ccn[nH]2)c2c(N)ncnc21. The van der Waals surface area contributed by atoms with Gasteiger partial charge in [0.2, 0.25) is 0 Å². The minimum atomic E-state index is -5.74. The molecule has 6 atom stereocenters. The average Bonchev–Trinajstić information content (AvgIpc) is 3.43. The Morgan fingerprint density at radius 3 is 2.51 bits per heavy atom. The number of aliphatic hydroxyl groups is 2. The van der Waals surface area contributed by atoms with E-state index >= 15 is 0 Å². The van der Waals surface area contributed by atoms with Crippen molar-refractivity contribution in [1.82, 2.24) is 24.7 Å². The number of nitrogens with zero attached hydrogens (tertiary/aromatic N) is 4. The molecule has 1 aliphatic rings. The summed E-state index contributed by atoms with van der Waals surface area (Å²) in [7, 11) is -16.8. The van der Waals surface area contributed by atoms with Gasteiger partial charge in [-0.15, -0.1) is 0 Å². The summed E-state index contributed by atoms with van der Waals surface area (Å²) >= 11 is 0. The highest BCUT2D eigenvalue weighted by Gasteiger charge is 2.54. The van der Waals surface area contributed by atoms with Crippen LogP contribution in [0.25, 0.3) is 22.3 Å². The van der Waals surface area contributed by atoms with Crippen LogP contribution in [0.2, 0.25) is 0 Å². The Morgan fingerprint density at radius 1 is 1.19 bits per heavy atom. The molecular weight excluding hydrogens is 565 g/mol. The molecule has 19 nitrogen and oxygen atoms in total. The Morgan fingerprint density at radius 2 is 1.89 bits per heavy atom. The number of ether oxygens (including phenoxy) is 1. The molecular formula is C15H21N6O13P3. The molecule has 22 heteroatoms. The molecule has 0 saturated carbocycles. The number of phosphoric ester groups is 1. The summed E-state index contributed by atoms with van der Waals surface area (Å²) in [6, 6.07) is 1.64. The molecule has 3 aromatic rings. The molecule has 3 aromatic heterocycles. The molecule has 37 heavy (non-hydrogen) atoms. The van der Waals surface area contributed by atoms with Crippen LogP contribution in [0.4, 0.5) is 5.82 Å². The minimum Gasteiger partial charge on any atom is -0.387 e. The molecule has 0 radical (unpaired) electrons. The second-order valence-corrected chi connectivity index (χ2v) is 12.4. The van der Waals surface area contributed by atoms with Crippen molar-refractivity contribution in [3.05, 3.63) is 24.8 Å². The Hall–Kier alpha value is -2.08. The first-order chi connectivity index (χ1) is 17.0. The highest BCUT2D eigenvalue weighted by molar-refractivity contribution is 7.66. The van der Waals surface area contributed by atoms with Gasteiger partial charge in [0.1, 0.15) is 35.6 Å². The molecule has 0 amide bonds. The van der Waals surface area contributed by atoms with E-state index in [2.05, 4.69) is 33.3 Å². The van der Waals surface area contributed by atoms with Gasteiger partial charge in [0.25, 0.3) is 0 Å². The zero-order valence-corrected chi connectivity index (χ0v) is 21.2. The van der Waals surface area contributed by atoms with Crippen LogP contribution >= 0.6 is 23.5 Å². The van der Waals surface area contributed by atoms with Gasteiger partial charge in [0.05, 0.1) is 17.7 Å². The molecule has 3 unspecified atom stereocenters. The van der Waals surface area contributed by atoms with E-state index in [-0.39, 0.29) is 11.5 Å². The number of aliphatic hydroxyl groups excluding tert-OH is 1. The Labute approximate surface area is 206 Å². The van der Waals surface area contributed by atoms with Crippen molar-refractivity contribution in [1.29, 1.82) is 0 Å². The van der Waals surface area contributed by atoms with E-state index in [9.17, 15) is 33.7 Å². The van der Waals surface area contributed by atoms with E-state index in [0.29, 0.717) is 16.6 Å². The smallest absolute Gasteiger partial charge is 0.387 e. The summed E-state index contributed by atoms with van der Waals surface area (Å²) in [4.78, 5) is 44.3. The number of phosphoric acid groups is 3. The second kappa shape index (κ2) is 9.59. The number of aromatic nitrogens is 5. The lowest BCUT2D eigenvalue weighted by molar-refractivity contribution is -0.0946. The monoisotopic (exact) mass is 586 g/mol. The largest absolute Gasteiger partial charge is 0.490 e. The fraction of sp³-hybridized carbons (Fsp3) is 0.400. The Balaban J connectivity index is 1.59. The van der Waals surface area contributed by atoms with Crippen molar-refractivity contribution in [3.63, 3.8) is 0 Å². The molecule has 1 saturated heterocycles. The number of hydrogen-bond donors (Lipinski definition) is 8. The number of anilines is 1. The first-order valence-corrected chi connectivity index (χ1v) is 14.5. The summed E-state index contributed by atoms with van der Waals surface area (Å²) in [6.07, 6.45) is -0.486. The average molecular weight is 586 g/mol. The van der Waals surface area contributed by atoms with Gasteiger partial charge in [-0.3, -0.25) is 9.62 Å².